The molecule has 12 rings (SSSR count). The number of piperidine rings is 4. The van der Waals surface area contributed by atoms with E-state index in [0.29, 0.717) is 76.3 Å². The average Bonchev–Trinajstić information content (AvgIpc) is 1.63. The van der Waals surface area contributed by atoms with Gasteiger partial charge in [-0.2, -0.15) is 10.5 Å². The molecule has 0 atom stereocenters. The molecule has 0 unspecified atom stereocenters. The molecule has 2 amide bonds. The molecule has 0 spiro atoms. The second-order valence-corrected chi connectivity index (χ2v) is 26.6. The number of rotatable bonds is 12. The molecule has 4 aliphatic rings. The summed E-state index contributed by atoms with van der Waals surface area (Å²) >= 11 is 0. The highest BCUT2D eigenvalue weighted by Crippen LogP contribution is 2.39. The predicted octanol–water partition coefficient (Wildman–Crippen LogP) is 12.5. The fourth-order valence-corrected chi connectivity index (χ4v) is 12.0. The van der Waals surface area contributed by atoms with Crippen LogP contribution < -0.4 is 20.1 Å². The quantitative estimate of drug-likeness (QED) is 0.0878. The Hall–Kier alpha value is -10.4. The lowest BCUT2D eigenvalue weighted by molar-refractivity contribution is 0.0121. The van der Waals surface area contributed by atoms with Crippen molar-refractivity contribution < 1.29 is 42.9 Å². The van der Waals surface area contributed by atoms with Gasteiger partial charge in [0.25, 0.3) is 5.56 Å². The number of fused-ring (bicyclic) bond motifs is 2. The first-order chi connectivity index (χ1) is 46.6. The van der Waals surface area contributed by atoms with Crippen LogP contribution in [0.3, 0.4) is 0 Å². The Kier molecular flexibility index (Phi) is 22.2. The molecule has 2 aromatic carbocycles. The molecule has 24 heteroatoms. The standard InChI is InChI=1S/C36H41N7O5.C26H24N6O3.C11H21NO2/c1-5-46-34(44)29-21-28(25-11-12-30(38-23-25)41-17-13-24(22-37)14-18-41)31-32(39-29)43(26-9-7-6-8-10-26)40-33(31)47-27-15-19-42(20-16-27)35(45)48-36(2,3)4;1-2-35-26(34)21-14-20(18-8-9-22(28-16-18)31-12-10-17(15-27)11-13-31)23-24(29-21)32(30-25(23)33)19-6-4-3-5-7-19;1-9-5-7-12(8-6-9)10(13)14-11(2,3)4/h6-12,21,23-24,27H,5,13-20H2,1-4H3;3-9,14,16-17H,2,10-13H2,1H3,(H,30,33);9H,5-8H2,1-4H3. The number of nitriles is 2. The molecular formula is C73H86N14O10. The fourth-order valence-electron chi connectivity index (χ4n) is 12.0. The van der Waals surface area contributed by atoms with Gasteiger partial charge in [0.15, 0.2) is 22.7 Å². The molecule has 0 radical (unpaired) electrons. The minimum absolute atomic E-state index is 0.0797. The smallest absolute Gasteiger partial charge is 0.410 e. The molecule has 4 saturated heterocycles. The first-order valence-corrected chi connectivity index (χ1v) is 33.5. The van der Waals surface area contributed by atoms with Gasteiger partial charge in [-0.15, -0.1) is 5.10 Å². The van der Waals surface area contributed by atoms with Crippen molar-refractivity contribution in [3.05, 3.63) is 131 Å². The van der Waals surface area contributed by atoms with E-state index < -0.39 is 17.5 Å². The second kappa shape index (κ2) is 31.0. The van der Waals surface area contributed by atoms with Gasteiger partial charge in [-0.25, -0.2) is 48.5 Å². The zero-order chi connectivity index (χ0) is 69.0. The highest BCUT2D eigenvalue weighted by atomic mass is 16.6. The lowest BCUT2D eigenvalue weighted by Crippen LogP contribution is -2.44. The Morgan fingerprint density at radius 2 is 1.01 bits per heavy atom. The van der Waals surface area contributed by atoms with Crippen molar-refractivity contribution in [3.63, 3.8) is 0 Å². The summed E-state index contributed by atoms with van der Waals surface area (Å²) < 4.78 is 31.3. The van der Waals surface area contributed by atoms with Crippen LogP contribution in [0.5, 0.6) is 5.88 Å². The van der Waals surface area contributed by atoms with Crippen LogP contribution in [0.25, 0.3) is 55.7 Å². The van der Waals surface area contributed by atoms with Crippen LogP contribution >= 0.6 is 0 Å². The number of ether oxygens (including phenoxy) is 5. The third-order valence-corrected chi connectivity index (χ3v) is 17.2. The number of nitrogens with zero attached hydrogens (tertiary/aromatic N) is 13. The van der Waals surface area contributed by atoms with Crippen molar-refractivity contribution >= 4 is 57.8 Å². The Labute approximate surface area is 565 Å². The highest BCUT2D eigenvalue weighted by molar-refractivity contribution is 6.02. The van der Waals surface area contributed by atoms with Crippen LogP contribution in [0.2, 0.25) is 0 Å². The molecule has 4 fully saturated rings. The van der Waals surface area contributed by atoms with E-state index in [1.54, 1.807) is 52.6 Å². The summed E-state index contributed by atoms with van der Waals surface area (Å²) in [6.07, 6.45) is 9.43. The number of anilines is 2. The van der Waals surface area contributed by atoms with E-state index in [9.17, 15) is 29.2 Å². The van der Waals surface area contributed by atoms with E-state index in [-0.39, 0.29) is 65.9 Å². The van der Waals surface area contributed by atoms with Crippen LogP contribution in [0.1, 0.15) is 135 Å². The maximum absolute atomic E-state index is 13.1. The zero-order valence-electron chi connectivity index (χ0n) is 56.8. The average molecular weight is 1320 g/mol. The number of hydrogen-bond acceptors (Lipinski definition) is 19. The summed E-state index contributed by atoms with van der Waals surface area (Å²) in [5.74, 6) is 1.85. The van der Waals surface area contributed by atoms with Gasteiger partial charge in [0.05, 0.1) is 47.5 Å². The number of nitrogens with one attached hydrogen (secondary N) is 1. The summed E-state index contributed by atoms with van der Waals surface area (Å²) in [5.41, 5.74) is 3.96. The number of esters is 2. The van der Waals surface area contributed by atoms with Gasteiger partial charge in [0.1, 0.15) is 28.9 Å². The fraction of sp³-hybridized carbons (Fsp3) is 0.452. The molecule has 1 N–H and O–H groups in total. The SMILES string of the molecule is CC1CCN(C(=O)OC(C)(C)C)CC1.CCOC(=O)c1cc(-c2ccc(N3CCC(C#N)CC3)nc2)c2c(=O)[nH]n(-c3ccccc3)c2n1.CCOC(=O)c1cc(-c2ccc(N3CCC(C#N)CC3)nc2)c2c(OC3CCN(C(=O)OC(C)(C)C)CC3)nn(-c3ccccc3)c2n1. The number of hydrogen-bond donors (Lipinski definition) is 1. The monoisotopic (exact) mass is 1320 g/mol. The summed E-state index contributed by atoms with van der Waals surface area (Å²) in [6, 6.07) is 34.6. The van der Waals surface area contributed by atoms with Crippen LogP contribution in [-0.4, -0.2) is 156 Å². The Balaban J connectivity index is 0.000000181. The number of para-hydroxylation sites is 2. The van der Waals surface area contributed by atoms with Crippen molar-refractivity contribution in [1.29, 1.82) is 10.5 Å². The van der Waals surface area contributed by atoms with E-state index in [1.165, 1.54) is 0 Å². The Bertz CT molecular complexity index is 4170. The molecule has 4 aliphatic heterocycles. The highest BCUT2D eigenvalue weighted by Gasteiger charge is 2.32. The van der Waals surface area contributed by atoms with Crippen molar-refractivity contribution in [2.75, 3.05) is 75.4 Å². The van der Waals surface area contributed by atoms with Gasteiger partial charge in [-0.1, -0.05) is 43.3 Å². The first kappa shape index (κ1) is 69.5. The third kappa shape index (κ3) is 17.4. The van der Waals surface area contributed by atoms with E-state index in [0.717, 1.165) is 107 Å². The second-order valence-electron chi connectivity index (χ2n) is 26.6. The molecule has 97 heavy (non-hydrogen) atoms. The molecular weight excluding hydrogens is 1230 g/mol. The predicted molar refractivity (Wildman–Crippen MR) is 368 cm³/mol. The van der Waals surface area contributed by atoms with Gasteiger partial charge >= 0.3 is 24.1 Å². The van der Waals surface area contributed by atoms with Gasteiger partial charge in [-0.05, 0) is 160 Å². The minimum atomic E-state index is -0.569. The summed E-state index contributed by atoms with van der Waals surface area (Å²) in [5, 5.41) is 27.2. The summed E-state index contributed by atoms with van der Waals surface area (Å²) in [7, 11) is 0. The van der Waals surface area contributed by atoms with E-state index in [2.05, 4.69) is 43.9 Å². The summed E-state index contributed by atoms with van der Waals surface area (Å²) in [4.78, 5) is 89.6. The first-order valence-electron chi connectivity index (χ1n) is 33.5. The molecule has 8 aromatic rings. The maximum Gasteiger partial charge on any atom is 0.410 e. The normalized spacial score (nSPS) is 15.9. The van der Waals surface area contributed by atoms with E-state index >= 15 is 0 Å². The number of pyridine rings is 4. The molecule has 508 valence electrons. The molecule has 0 saturated carbocycles. The van der Waals surface area contributed by atoms with E-state index in [1.807, 2.05) is 131 Å². The minimum Gasteiger partial charge on any atom is -0.473 e. The number of aromatic nitrogens is 8. The van der Waals surface area contributed by atoms with Crippen LogP contribution in [0.15, 0.2) is 114 Å². The Morgan fingerprint density at radius 3 is 1.44 bits per heavy atom. The number of aromatic amines is 1. The largest absolute Gasteiger partial charge is 0.473 e. The van der Waals surface area contributed by atoms with Gasteiger partial charge < -0.3 is 43.3 Å². The Morgan fingerprint density at radius 1 is 0.567 bits per heavy atom. The lowest BCUT2D eigenvalue weighted by atomic mass is 9.98. The molecule has 24 nitrogen and oxygen atoms in total. The van der Waals surface area contributed by atoms with Gasteiger partial charge in [0.2, 0.25) is 5.88 Å². The number of carbonyl (C=O) groups is 4. The number of amides is 2. The number of likely N-dealkylation sites (tertiary alicyclic amines) is 2. The molecule has 6 aromatic heterocycles. The molecule has 0 bridgehead atoms. The topological polar surface area (TPSA) is 282 Å². The molecule has 10 heterocycles. The van der Waals surface area contributed by atoms with Crippen LogP contribution in [-0.2, 0) is 18.9 Å². The van der Waals surface area contributed by atoms with Crippen LogP contribution in [0, 0.1) is 40.4 Å². The van der Waals surface area contributed by atoms with E-state index in [4.69, 9.17) is 44.0 Å². The van der Waals surface area contributed by atoms with Crippen molar-refractivity contribution in [2.24, 2.45) is 17.8 Å². The summed E-state index contributed by atoms with van der Waals surface area (Å²) in [6.45, 7) is 23.2. The number of benzene rings is 2. The maximum atomic E-state index is 13.1. The lowest BCUT2D eigenvalue weighted by Gasteiger charge is -2.33. The van der Waals surface area contributed by atoms with Crippen molar-refractivity contribution in [1.82, 2.24) is 49.3 Å². The zero-order valence-corrected chi connectivity index (χ0v) is 56.8. The third-order valence-electron chi connectivity index (χ3n) is 17.2. The van der Waals surface area contributed by atoms with Gasteiger partial charge in [0, 0.05) is 112 Å². The van der Waals surface area contributed by atoms with Crippen LogP contribution in [0.4, 0.5) is 21.2 Å². The van der Waals surface area contributed by atoms with Gasteiger partial charge in [-0.3, -0.25) is 9.89 Å². The number of H-pyrrole nitrogens is 1. The number of carbonyl (C=O) groups excluding carboxylic acids is 4. The van der Waals surface area contributed by atoms with Crippen molar-refractivity contribution in [3.8, 4) is 51.6 Å². The molecule has 0 aliphatic carbocycles. The van der Waals surface area contributed by atoms with Crippen molar-refractivity contribution in [2.45, 2.75) is 131 Å².